The summed E-state index contributed by atoms with van der Waals surface area (Å²) in [5.41, 5.74) is 1.01. The Morgan fingerprint density at radius 3 is 2.41 bits per heavy atom. The van der Waals surface area contributed by atoms with Crippen molar-refractivity contribution in [3.05, 3.63) is 34.2 Å². The van der Waals surface area contributed by atoms with Crippen LogP contribution in [-0.2, 0) is 6.54 Å². The first-order valence-electron chi connectivity index (χ1n) is 6.91. The maximum Gasteiger partial charge on any atom is 0.253 e. The fourth-order valence-electron chi connectivity index (χ4n) is 2.07. The van der Waals surface area contributed by atoms with Crippen LogP contribution in [-0.4, -0.2) is 4.57 Å². The molecule has 0 aliphatic heterocycles. The van der Waals surface area contributed by atoms with E-state index in [9.17, 15) is 4.79 Å². The van der Waals surface area contributed by atoms with E-state index in [-0.39, 0.29) is 5.56 Å². The van der Waals surface area contributed by atoms with Crippen molar-refractivity contribution in [3.63, 3.8) is 0 Å². The molecule has 0 bridgehead atoms. The van der Waals surface area contributed by atoms with Gasteiger partial charge in [-0.25, -0.2) is 0 Å². The third-order valence-electron chi connectivity index (χ3n) is 3.21. The molecule has 0 saturated heterocycles. The van der Waals surface area contributed by atoms with Crippen LogP contribution < -0.4 is 5.56 Å². The number of unbranched alkanes of at least 4 members (excludes halogenated alkanes) is 6. The van der Waals surface area contributed by atoms with Crippen molar-refractivity contribution in [3.8, 4) is 0 Å². The lowest BCUT2D eigenvalue weighted by Gasteiger charge is -2.06. The predicted octanol–water partition coefficient (Wildman–Crippen LogP) is 3.91. The average molecular weight is 235 g/mol. The van der Waals surface area contributed by atoms with Crippen molar-refractivity contribution < 1.29 is 0 Å². The molecule has 0 fully saturated rings. The normalized spacial score (nSPS) is 10.7. The molecule has 0 radical (unpaired) electrons. The van der Waals surface area contributed by atoms with E-state index < -0.39 is 0 Å². The zero-order chi connectivity index (χ0) is 12.5. The summed E-state index contributed by atoms with van der Waals surface area (Å²) in [6.07, 6.45) is 10.9. The number of aromatic nitrogens is 1. The lowest BCUT2D eigenvalue weighted by Crippen LogP contribution is -2.21. The molecule has 0 aliphatic carbocycles. The first-order chi connectivity index (χ1) is 8.25. The molecule has 0 saturated carbocycles. The minimum atomic E-state index is 0.165. The number of hydrogen-bond donors (Lipinski definition) is 0. The molecular weight excluding hydrogens is 210 g/mol. The van der Waals surface area contributed by atoms with Crippen molar-refractivity contribution in [1.82, 2.24) is 4.57 Å². The van der Waals surface area contributed by atoms with Crippen molar-refractivity contribution in [1.29, 1.82) is 0 Å². The van der Waals surface area contributed by atoms with Crippen molar-refractivity contribution in [2.45, 2.75) is 65.3 Å². The van der Waals surface area contributed by atoms with E-state index in [1.807, 2.05) is 29.8 Å². The van der Waals surface area contributed by atoms with Gasteiger partial charge in [-0.3, -0.25) is 4.79 Å². The van der Waals surface area contributed by atoms with Gasteiger partial charge in [-0.15, -0.1) is 0 Å². The van der Waals surface area contributed by atoms with Gasteiger partial charge in [0.15, 0.2) is 0 Å². The topological polar surface area (TPSA) is 22.0 Å². The van der Waals surface area contributed by atoms with Crippen LogP contribution in [0.25, 0.3) is 0 Å². The van der Waals surface area contributed by atoms with Crippen molar-refractivity contribution in [2.24, 2.45) is 0 Å². The average Bonchev–Trinajstić information content (AvgIpc) is 2.33. The Bertz CT molecular complexity index is 367. The highest BCUT2D eigenvalue weighted by Gasteiger charge is 1.98. The molecule has 1 aromatic rings. The molecule has 1 rings (SSSR count). The molecule has 0 spiro atoms. The fourth-order valence-corrected chi connectivity index (χ4v) is 2.07. The summed E-state index contributed by atoms with van der Waals surface area (Å²) in [6.45, 7) is 4.99. The molecule has 2 heteroatoms. The summed E-state index contributed by atoms with van der Waals surface area (Å²) in [5.74, 6) is 0. The molecular formula is C15H25NO. The first-order valence-corrected chi connectivity index (χ1v) is 6.91. The summed E-state index contributed by atoms with van der Waals surface area (Å²) in [7, 11) is 0. The smallest absolute Gasteiger partial charge is 0.253 e. The van der Waals surface area contributed by atoms with Gasteiger partial charge in [-0.05, 0) is 19.4 Å². The van der Waals surface area contributed by atoms with Gasteiger partial charge in [0.2, 0.25) is 0 Å². The van der Waals surface area contributed by atoms with Gasteiger partial charge in [-0.2, -0.15) is 0 Å². The highest BCUT2D eigenvalue weighted by Crippen LogP contribution is 2.07. The highest BCUT2D eigenvalue weighted by atomic mass is 16.1. The largest absolute Gasteiger partial charge is 0.315 e. The van der Waals surface area contributed by atoms with Crippen LogP contribution in [0.15, 0.2) is 23.1 Å². The SMILES string of the molecule is CCCCCCCCCn1cccc(C)c1=O. The zero-order valence-corrected chi connectivity index (χ0v) is 11.2. The van der Waals surface area contributed by atoms with Gasteiger partial charge < -0.3 is 4.57 Å². The van der Waals surface area contributed by atoms with Gasteiger partial charge in [-0.1, -0.05) is 51.5 Å². The summed E-state index contributed by atoms with van der Waals surface area (Å²) >= 11 is 0. The van der Waals surface area contributed by atoms with Crippen molar-refractivity contribution in [2.75, 3.05) is 0 Å². The monoisotopic (exact) mass is 235 g/mol. The van der Waals surface area contributed by atoms with E-state index in [4.69, 9.17) is 0 Å². The quantitative estimate of drug-likeness (QED) is 0.626. The fraction of sp³-hybridized carbons (Fsp3) is 0.667. The Morgan fingerprint density at radius 1 is 1.06 bits per heavy atom. The number of pyridine rings is 1. The summed E-state index contributed by atoms with van der Waals surface area (Å²) < 4.78 is 1.83. The van der Waals surface area contributed by atoms with Crippen LogP contribution in [0, 0.1) is 6.92 Å². The molecule has 0 atom stereocenters. The lowest BCUT2D eigenvalue weighted by molar-refractivity contribution is 0.542. The second-order valence-electron chi connectivity index (χ2n) is 4.81. The van der Waals surface area contributed by atoms with Gasteiger partial charge in [0.25, 0.3) is 5.56 Å². The summed E-state index contributed by atoms with van der Waals surface area (Å²) in [4.78, 5) is 11.7. The van der Waals surface area contributed by atoms with Crippen LogP contribution in [0.4, 0.5) is 0 Å². The molecule has 2 nitrogen and oxygen atoms in total. The molecule has 0 amide bonds. The van der Waals surface area contributed by atoms with Crippen LogP contribution >= 0.6 is 0 Å². The van der Waals surface area contributed by atoms with Crippen LogP contribution in [0.5, 0.6) is 0 Å². The predicted molar refractivity (Wildman–Crippen MR) is 73.4 cm³/mol. The molecule has 0 N–H and O–H groups in total. The van der Waals surface area contributed by atoms with Crippen LogP contribution in [0.3, 0.4) is 0 Å². The van der Waals surface area contributed by atoms with E-state index in [1.165, 1.54) is 38.5 Å². The molecule has 96 valence electrons. The second kappa shape index (κ2) is 8.10. The van der Waals surface area contributed by atoms with Gasteiger partial charge in [0, 0.05) is 18.3 Å². The highest BCUT2D eigenvalue weighted by molar-refractivity contribution is 5.07. The number of hydrogen-bond acceptors (Lipinski definition) is 1. The van der Waals surface area contributed by atoms with E-state index in [0.717, 1.165) is 18.5 Å². The third kappa shape index (κ3) is 5.20. The van der Waals surface area contributed by atoms with Gasteiger partial charge >= 0.3 is 0 Å². The van der Waals surface area contributed by atoms with Crippen LogP contribution in [0.1, 0.15) is 57.4 Å². The van der Waals surface area contributed by atoms with E-state index in [0.29, 0.717) is 0 Å². The molecule has 0 unspecified atom stereocenters. The second-order valence-corrected chi connectivity index (χ2v) is 4.81. The minimum absolute atomic E-state index is 0.165. The molecule has 1 heterocycles. The number of nitrogens with zero attached hydrogens (tertiary/aromatic N) is 1. The van der Waals surface area contributed by atoms with Crippen LogP contribution in [0.2, 0.25) is 0 Å². The Kier molecular flexibility index (Phi) is 6.68. The number of aryl methyl sites for hydroxylation is 2. The van der Waals surface area contributed by atoms with Crippen molar-refractivity contribution >= 4 is 0 Å². The Balaban J connectivity index is 2.18. The molecule has 1 aromatic heterocycles. The van der Waals surface area contributed by atoms with E-state index >= 15 is 0 Å². The summed E-state index contributed by atoms with van der Waals surface area (Å²) in [6, 6.07) is 3.83. The maximum atomic E-state index is 11.7. The first kappa shape index (κ1) is 14.0. The van der Waals surface area contributed by atoms with E-state index in [1.54, 1.807) is 0 Å². The van der Waals surface area contributed by atoms with Gasteiger partial charge in [0.05, 0.1) is 0 Å². The van der Waals surface area contributed by atoms with E-state index in [2.05, 4.69) is 6.92 Å². The maximum absolute atomic E-state index is 11.7. The minimum Gasteiger partial charge on any atom is -0.315 e. The molecule has 17 heavy (non-hydrogen) atoms. The standard InChI is InChI=1S/C15H25NO/c1-3-4-5-6-7-8-9-12-16-13-10-11-14(2)15(16)17/h10-11,13H,3-9,12H2,1-2H3. The summed E-state index contributed by atoms with van der Waals surface area (Å²) in [5, 5.41) is 0. The Morgan fingerprint density at radius 2 is 1.71 bits per heavy atom. The molecule has 0 aliphatic rings. The Hall–Kier alpha value is -1.05. The van der Waals surface area contributed by atoms with Gasteiger partial charge in [0.1, 0.15) is 0 Å². The third-order valence-corrected chi connectivity index (χ3v) is 3.21. The Labute approximate surface area is 105 Å². The lowest BCUT2D eigenvalue weighted by atomic mass is 10.1. The zero-order valence-electron chi connectivity index (χ0n) is 11.2. The number of rotatable bonds is 8. The molecule has 0 aromatic carbocycles.